The largest absolute Gasteiger partial charge is 0.485 e. The van der Waals surface area contributed by atoms with Gasteiger partial charge in [0.1, 0.15) is 17.7 Å². The first-order valence-corrected chi connectivity index (χ1v) is 14.7. The lowest BCUT2D eigenvalue weighted by atomic mass is 9.73. The van der Waals surface area contributed by atoms with Crippen LogP contribution in [0.2, 0.25) is 0 Å². The van der Waals surface area contributed by atoms with Crippen LogP contribution in [0, 0.1) is 6.92 Å². The van der Waals surface area contributed by atoms with E-state index < -0.39 is 0 Å². The topological polar surface area (TPSA) is 94.8 Å². The van der Waals surface area contributed by atoms with Crippen molar-refractivity contribution < 1.29 is 19.1 Å². The van der Waals surface area contributed by atoms with E-state index in [0.29, 0.717) is 18.2 Å². The van der Waals surface area contributed by atoms with E-state index in [9.17, 15) is 9.59 Å². The standard InChI is InChI=1S/C35H37N3O4/c1-4-41-33(40)20-28-22(2)7-5-10-31(28)42-32-21-35(14-17-38(18-15-35)23(3)39)30-12-11-24(19-29(30)32)25-8-6-9-27-26(25)13-16-37-34(27)36/h5-13,16,19,32H,4,14-15,17-18,20-21H2,1-3H3,(H2,36,37). The Labute approximate surface area is 246 Å². The lowest BCUT2D eigenvalue weighted by molar-refractivity contribution is -0.142. The summed E-state index contributed by atoms with van der Waals surface area (Å²) in [5.41, 5.74) is 12.6. The van der Waals surface area contributed by atoms with Gasteiger partial charge in [-0.2, -0.15) is 0 Å². The van der Waals surface area contributed by atoms with Crippen LogP contribution in [0.15, 0.2) is 66.9 Å². The smallest absolute Gasteiger partial charge is 0.310 e. The van der Waals surface area contributed by atoms with Crippen molar-refractivity contribution in [3.8, 4) is 16.9 Å². The third kappa shape index (κ3) is 4.97. The molecule has 1 aliphatic carbocycles. The Morgan fingerprint density at radius 3 is 2.60 bits per heavy atom. The molecule has 0 saturated carbocycles. The number of benzene rings is 3. The van der Waals surface area contributed by atoms with Crippen molar-refractivity contribution in [3.63, 3.8) is 0 Å². The van der Waals surface area contributed by atoms with Gasteiger partial charge in [-0.3, -0.25) is 9.59 Å². The second kappa shape index (κ2) is 11.1. The summed E-state index contributed by atoms with van der Waals surface area (Å²) in [6.45, 7) is 7.28. The summed E-state index contributed by atoms with van der Waals surface area (Å²) in [4.78, 5) is 30.9. The zero-order valence-corrected chi connectivity index (χ0v) is 24.5. The average Bonchev–Trinajstić information content (AvgIpc) is 3.26. The van der Waals surface area contributed by atoms with E-state index in [0.717, 1.165) is 70.9 Å². The van der Waals surface area contributed by atoms with Crippen molar-refractivity contribution in [3.05, 3.63) is 89.1 Å². The number of carbonyl (C=O) groups is 2. The second-order valence-electron chi connectivity index (χ2n) is 11.5. The maximum atomic E-state index is 12.5. The first-order valence-electron chi connectivity index (χ1n) is 14.7. The van der Waals surface area contributed by atoms with E-state index in [2.05, 4.69) is 29.2 Å². The van der Waals surface area contributed by atoms with Gasteiger partial charge in [-0.25, -0.2) is 4.98 Å². The molecule has 1 spiro atoms. The summed E-state index contributed by atoms with van der Waals surface area (Å²) in [5, 5.41) is 1.99. The second-order valence-corrected chi connectivity index (χ2v) is 11.5. The Balaban J connectivity index is 1.42. The lowest BCUT2D eigenvalue weighted by Gasteiger charge is -2.40. The van der Waals surface area contributed by atoms with Gasteiger partial charge in [0.15, 0.2) is 0 Å². The van der Waals surface area contributed by atoms with Crippen LogP contribution in [-0.4, -0.2) is 41.5 Å². The molecule has 1 amide bonds. The molecule has 2 aliphatic rings. The number of aromatic nitrogens is 1. The van der Waals surface area contributed by atoms with Crippen molar-refractivity contribution in [1.82, 2.24) is 9.88 Å². The van der Waals surface area contributed by atoms with Gasteiger partial charge in [0.2, 0.25) is 5.91 Å². The Hall–Kier alpha value is -4.39. The number of piperidine rings is 1. The van der Waals surface area contributed by atoms with E-state index >= 15 is 0 Å². The van der Waals surface area contributed by atoms with Crippen LogP contribution >= 0.6 is 0 Å². The summed E-state index contributed by atoms with van der Waals surface area (Å²) in [5.74, 6) is 1.09. The minimum Gasteiger partial charge on any atom is -0.485 e. The highest BCUT2D eigenvalue weighted by Gasteiger charge is 2.47. The van der Waals surface area contributed by atoms with E-state index in [1.165, 1.54) is 5.56 Å². The molecule has 2 N–H and O–H groups in total. The van der Waals surface area contributed by atoms with Crippen LogP contribution in [0.3, 0.4) is 0 Å². The Morgan fingerprint density at radius 2 is 1.83 bits per heavy atom. The zero-order valence-electron chi connectivity index (χ0n) is 24.5. The van der Waals surface area contributed by atoms with Crippen molar-refractivity contribution in [2.75, 3.05) is 25.4 Å². The van der Waals surface area contributed by atoms with Crippen molar-refractivity contribution >= 4 is 28.5 Å². The van der Waals surface area contributed by atoms with E-state index in [-0.39, 0.29) is 29.8 Å². The third-order valence-electron chi connectivity index (χ3n) is 9.12. The number of aryl methyl sites for hydroxylation is 1. The number of hydrogen-bond acceptors (Lipinski definition) is 6. The molecule has 1 fully saturated rings. The summed E-state index contributed by atoms with van der Waals surface area (Å²) in [7, 11) is 0. The minimum absolute atomic E-state index is 0.0806. The van der Waals surface area contributed by atoms with Gasteiger partial charge in [0, 0.05) is 42.6 Å². The lowest BCUT2D eigenvalue weighted by Crippen LogP contribution is -2.43. The number of anilines is 1. The number of carbonyl (C=O) groups excluding carboxylic acids is 2. The van der Waals surface area contributed by atoms with E-state index in [4.69, 9.17) is 15.2 Å². The fourth-order valence-electron chi connectivity index (χ4n) is 6.89. The van der Waals surface area contributed by atoms with Gasteiger partial charge >= 0.3 is 5.97 Å². The molecular weight excluding hydrogens is 526 g/mol. The van der Waals surface area contributed by atoms with Gasteiger partial charge < -0.3 is 20.1 Å². The Morgan fingerprint density at radius 1 is 1.05 bits per heavy atom. The van der Waals surface area contributed by atoms with Gasteiger partial charge in [-0.05, 0) is 84.5 Å². The molecule has 1 atom stereocenters. The van der Waals surface area contributed by atoms with Crippen LogP contribution in [0.4, 0.5) is 5.82 Å². The molecule has 1 aromatic heterocycles. The molecule has 2 heterocycles. The van der Waals surface area contributed by atoms with Gasteiger partial charge in [-0.1, -0.05) is 42.5 Å². The Kier molecular flexibility index (Phi) is 7.35. The predicted molar refractivity (Wildman–Crippen MR) is 164 cm³/mol. The number of esters is 1. The molecule has 7 heteroatoms. The van der Waals surface area contributed by atoms with E-state index in [1.54, 1.807) is 13.1 Å². The number of nitrogens with two attached hydrogens (primary N) is 1. The van der Waals surface area contributed by atoms with Crippen molar-refractivity contribution in [2.45, 2.75) is 58.0 Å². The molecule has 3 aromatic carbocycles. The highest BCUT2D eigenvalue weighted by Crippen LogP contribution is 2.53. The molecule has 0 radical (unpaired) electrons. The highest BCUT2D eigenvalue weighted by atomic mass is 16.5. The van der Waals surface area contributed by atoms with Gasteiger partial charge in [-0.15, -0.1) is 0 Å². The number of amides is 1. The van der Waals surface area contributed by atoms with Crippen molar-refractivity contribution in [1.29, 1.82) is 0 Å². The average molecular weight is 564 g/mol. The van der Waals surface area contributed by atoms with Gasteiger partial charge in [0.25, 0.3) is 0 Å². The minimum atomic E-state index is -0.261. The van der Waals surface area contributed by atoms with Crippen LogP contribution in [0.25, 0.3) is 21.9 Å². The van der Waals surface area contributed by atoms with Gasteiger partial charge in [0.05, 0.1) is 13.0 Å². The molecule has 42 heavy (non-hydrogen) atoms. The molecule has 7 nitrogen and oxygen atoms in total. The fraction of sp³-hybridized carbons (Fsp3) is 0.343. The molecule has 6 rings (SSSR count). The molecule has 1 unspecified atom stereocenters. The summed E-state index contributed by atoms with van der Waals surface area (Å²) in [6.07, 6.45) is 4.31. The van der Waals surface area contributed by atoms with Crippen LogP contribution in [-0.2, 0) is 26.2 Å². The summed E-state index contributed by atoms with van der Waals surface area (Å²) in [6, 6.07) is 20.8. The molecule has 0 bridgehead atoms. The monoisotopic (exact) mass is 563 g/mol. The number of pyridine rings is 1. The first-order chi connectivity index (χ1) is 20.3. The number of fused-ring (bicyclic) bond motifs is 3. The number of nitrogen functional groups attached to an aromatic ring is 1. The van der Waals surface area contributed by atoms with Crippen LogP contribution < -0.4 is 10.5 Å². The summed E-state index contributed by atoms with van der Waals surface area (Å²) >= 11 is 0. The number of hydrogen-bond donors (Lipinski definition) is 1. The summed E-state index contributed by atoms with van der Waals surface area (Å²) < 4.78 is 12.1. The zero-order chi connectivity index (χ0) is 29.4. The number of likely N-dealkylation sites (tertiary alicyclic amines) is 1. The predicted octanol–water partition coefficient (Wildman–Crippen LogP) is 6.30. The molecule has 4 aromatic rings. The number of nitrogens with zero attached hydrogens (tertiary/aromatic N) is 2. The fourth-order valence-corrected chi connectivity index (χ4v) is 6.89. The number of ether oxygens (including phenoxy) is 2. The van der Waals surface area contributed by atoms with Crippen LogP contribution in [0.5, 0.6) is 5.75 Å². The van der Waals surface area contributed by atoms with Crippen LogP contribution in [0.1, 0.15) is 61.5 Å². The maximum Gasteiger partial charge on any atom is 0.310 e. The molecule has 1 aliphatic heterocycles. The number of rotatable bonds is 6. The van der Waals surface area contributed by atoms with E-state index in [1.807, 2.05) is 55.1 Å². The third-order valence-corrected chi connectivity index (χ3v) is 9.12. The quantitative estimate of drug-likeness (QED) is 0.277. The van der Waals surface area contributed by atoms with Crippen molar-refractivity contribution in [2.24, 2.45) is 0 Å². The molecule has 1 saturated heterocycles. The first kappa shape index (κ1) is 27.8. The Bertz CT molecular complexity index is 1670. The SMILES string of the molecule is CCOC(=O)Cc1c(C)cccc1OC1CC2(CCN(C(C)=O)CC2)c2ccc(-c3cccc4c(N)nccc34)cc21. The maximum absolute atomic E-state index is 12.5. The highest BCUT2D eigenvalue weighted by molar-refractivity contribution is 6.01. The normalized spacial score (nSPS) is 17.3. The molecular formula is C35H37N3O4. The molecule has 216 valence electrons.